The molecule has 3 rings (SSSR count). The second-order valence-electron chi connectivity index (χ2n) is 4.61. The summed E-state index contributed by atoms with van der Waals surface area (Å²) < 4.78 is 11.2. The molecule has 1 aliphatic heterocycles. The van der Waals surface area contributed by atoms with Crippen molar-refractivity contribution in [3.63, 3.8) is 0 Å². The van der Waals surface area contributed by atoms with E-state index in [0.717, 1.165) is 38.2 Å². The topological polar surface area (TPSA) is 44.5 Å². The smallest absolute Gasteiger partial charge is 0.124 e. The van der Waals surface area contributed by atoms with Crippen LogP contribution in [0.5, 0.6) is 5.75 Å². The second kappa shape index (κ2) is 4.07. The number of aryl methyl sites for hydroxylation is 1. The van der Waals surface area contributed by atoms with E-state index in [1.807, 2.05) is 6.07 Å². The van der Waals surface area contributed by atoms with Crippen LogP contribution in [0.15, 0.2) is 18.2 Å². The summed E-state index contributed by atoms with van der Waals surface area (Å²) in [7, 11) is 0. The highest BCUT2D eigenvalue weighted by molar-refractivity contribution is 5.40. The molecule has 3 nitrogen and oxygen atoms in total. The van der Waals surface area contributed by atoms with Gasteiger partial charge in [0.25, 0.3) is 0 Å². The minimum Gasteiger partial charge on any atom is -0.488 e. The molecule has 2 aliphatic rings. The van der Waals surface area contributed by atoms with Crippen molar-refractivity contribution in [2.45, 2.75) is 31.4 Å². The van der Waals surface area contributed by atoms with Crippen LogP contribution in [0.3, 0.4) is 0 Å². The molecule has 1 heterocycles. The van der Waals surface area contributed by atoms with Gasteiger partial charge in [-0.1, -0.05) is 6.07 Å². The third-order valence-electron chi connectivity index (χ3n) is 3.43. The molecule has 16 heavy (non-hydrogen) atoms. The van der Waals surface area contributed by atoms with Gasteiger partial charge in [0.15, 0.2) is 0 Å². The fourth-order valence-corrected chi connectivity index (χ4v) is 2.50. The summed E-state index contributed by atoms with van der Waals surface area (Å²) in [6.45, 7) is 1.54. The van der Waals surface area contributed by atoms with Crippen LogP contribution in [0.2, 0.25) is 0 Å². The van der Waals surface area contributed by atoms with Crippen LogP contribution in [0.4, 0.5) is 0 Å². The van der Waals surface area contributed by atoms with E-state index in [1.165, 1.54) is 11.1 Å². The fraction of sp³-hybridized carbons (Fsp3) is 0.538. The Morgan fingerprint density at radius 1 is 1.31 bits per heavy atom. The van der Waals surface area contributed by atoms with Crippen LogP contribution in [-0.2, 0) is 11.2 Å². The van der Waals surface area contributed by atoms with Crippen LogP contribution in [0, 0.1) is 0 Å². The highest BCUT2D eigenvalue weighted by atomic mass is 16.5. The maximum absolute atomic E-state index is 6.00. The Balaban J connectivity index is 1.76. The Labute approximate surface area is 95.5 Å². The van der Waals surface area contributed by atoms with Crippen LogP contribution in [-0.4, -0.2) is 19.3 Å². The largest absolute Gasteiger partial charge is 0.488 e. The molecular weight excluding hydrogens is 202 g/mol. The van der Waals surface area contributed by atoms with Crippen molar-refractivity contribution in [3.05, 3.63) is 29.3 Å². The fourth-order valence-electron chi connectivity index (χ4n) is 2.50. The summed E-state index contributed by atoms with van der Waals surface area (Å²) in [5, 5.41) is 0. The number of rotatable bonds is 2. The van der Waals surface area contributed by atoms with Gasteiger partial charge in [0, 0.05) is 12.5 Å². The summed E-state index contributed by atoms with van der Waals surface area (Å²) in [6, 6.07) is 6.50. The molecule has 1 aliphatic carbocycles. The first kappa shape index (κ1) is 10.1. The van der Waals surface area contributed by atoms with Gasteiger partial charge in [0.1, 0.15) is 11.9 Å². The molecular formula is C13H17NO2. The normalized spacial score (nSPS) is 28.1. The Kier molecular flexibility index (Phi) is 2.58. The minimum atomic E-state index is 0.221. The molecule has 1 unspecified atom stereocenters. The number of fused-ring (bicyclic) bond motifs is 1. The van der Waals surface area contributed by atoms with E-state index in [-0.39, 0.29) is 12.1 Å². The van der Waals surface area contributed by atoms with Gasteiger partial charge in [-0.3, -0.25) is 0 Å². The first-order valence-electron chi connectivity index (χ1n) is 5.96. The van der Waals surface area contributed by atoms with Crippen LogP contribution in [0.1, 0.15) is 30.0 Å². The van der Waals surface area contributed by atoms with Crippen LogP contribution >= 0.6 is 0 Å². The Morgan fingerprint density at radius 3 is 3.06 bits per heavy atom. The molecule has 1 saturated heterocycles. The maximum Gasteiger partial charge on any atom is 0.124 e. The summed E-state index contributed by atoms with van der Waals surface area (Å²) in [5.74, 6) is 0.961. The first-order valence-corrected chi connectivity index (χ1v) is 5.96. The van der Waals surface area contributed by atoms with Crippen molar-refractivity contribution in [2.24, 2.45) is 5.73 Å². The number of benzene rings is 1. The van der Waals surface area contributed by atoms with Crippen molar-refractivity contribution < 1.29 is 9.47 Å². The lowest BCUT2D eigenvalue weighted by molar-refractivity contribution is 0.141. The van der Waals surface area contributed by atoms with E-state index in [1.54, 1.807) is 0 Å². The molecule has 0 saturated carbocycles. The highest BCUT2D eigenvalue weighted by Crippen LogP contribution is 2.32. The van der Waals surface area contributed by atoms with Crippen molar-refractivity contribution in [3.8, 4) is 5.75 Å². The highest BCUT2D eigenvalue weighted by Gasteiger charge is 2.21. The molecule has 1 aromatic carbocycles. The van der Waals surface area contributed by atoms with Crippen LogP contribution < -0.4 is 10.5 Å². The van der Waals surface area contributed by atoms with Gasteiger partial charge in [-0.15, -0.1) is 0 Å². The molecule has 0 bridgehead atoms. The van der Waals surface area contributed by atoms with E-state index >= 15 is 0 Å². The minimum absolute atomic E-state index is 0.221. The molecule has 0 aromatic heterocycles. The third kappa shape index (κ3) is 1.81. The Morgan fingerprint density at radius 2 is 2.25 bits per heavy atom. The number of hydrogen-bond donors (Lipinski definition) is 1. The third-order valence-corrected chi connectivity index (χ3v) is 3.43. The SMILES string of the molecule is N[C@@H]1CCc2cc(OC3CCOC3)ccc21. The summed E-state index contributed by atoms with van der Waals surface area (Å²) in [5.41, 5.74) is 8.64. The first-order chi connectivity index (χ1) is 7.83. The summed E-state index contributed by atoms with van der Waals surface area (Å²) >= 11 is 0. The number of hydrogen-bond acceptors (Lipinski definition) is 3. The molecule has 2 N–H and O–H groups in total. The molecule has 0 spiro atoms. The Hall–Kier alpha value is -1.06. The second-order valence-corrected chi connectivity index (χ2v) is 4.61. The zero-order valence-electron chi connectivity index (χ0n) is 9.32. The lowest BCUT2D eigenvalue weighted by Crippen LogP contribution is -2.15. The number of nitrogens with two attached hydrogens (primary N) is 1. The van der Waals surface area contributed by atoms with Crippen molar-refractivity contribution in [1.82, 2.24) is 0 Å². The van der Waals surface area contributed by atoms with Crippen molar-refractivity contribution >= 4 is 0 Å². The quantitative estimate of drug-likeness (QED) is 0.825. The van der Waals surface area contributed by atoms with Gasteiger partial charge in [0.2, 0.25) is 0 Å². The summed E-state index contributed by atoms with van der Waals surface area (Å²) in [4.78, 5) is 0. The molecule has 3 heteroatoms. The summed E-state index contributed by atoms with van der Waals surface area (Å²) in [6.07, 6.45) is 3.37. The Bertz CT molecular complexity index is 386. The van der Waals surface area contributed by atoms with Gasteiger partial charge in [-0.25, -0.2) is 0 Å². The molecule has 2 atom stereocenters. The average Bonchev–Trinajstić information content (AvgIpc) is 2.90. The average molecular weight is 219 g/mol. The van der Waals surface area contributed by atoms with E-state index in [9.17, 15) is 0 Å². The van der Waals surface area contributed by atoms with Gasteiger partial charge >= 0.3 is 0 Å². The van der Waals surface area contributed by atoms with Gasteiger partial charge in [-0.2, -0.15) is 0 Å². The molecule has 0 radical (unpaired) electrons. The predicted octanol–water partition coefficient (Wildman–Crippen LogP) is 1.80. The monoisotopic (exact) mass is 219 g/mol. The lowest BCUT2D eigenvalue weighted by Gasteiger charge is -2.13. The van der Waals surface area contributed by atoms with Crippen molar-refractivity contribution in [2.75, 3.05) is 13.2 Å². The van der Waals surface area contributed by atoms with E-state index in [4.69, 9.17) is 15.2 Å². The van der Waals surface area contributed by atoms with Crippen molar-refractivity contribution in [1.29, 1.82) is 0 Å². The van der Waals surface area contributed by atoms with E-state index in [2.05, 4.69) is 12.1 Å². The molecule has 1 fully saturated rings. The van der Waals surface area contributed by atoms with Crippen LogP contribution in [0.25, 0.3) is 0 Å². The zero-order valence-corrected chi connectivity index (χ0v) is 9.32. The van der Waals surface area contributed by atoms with E-state index < -0.39 is 0 Å². The van der Waals surface area contributed by atoms with Gasteiger partial charge in [-0.05, 0) is 36.1 Å². The predicted molar refractivity (Wildman–Crippen MR) is 61.5 cm³/mol. The molecule has 86 valence electrons. The maximum atomic E-state index is 6.00. The van der Waals surface area contributed by atoms with Gasteiger partial charge in [0.05, 0.1) is 13.2 Å². The standard InChI is InChI=1S/C13H17NO2/c14-13-4-1-9-7-10(2-3-12(9)13)16-11-5-6-15-8-11/h2-3,7,11,13H,1,4-6,8,14H2/t11?,13-/m1/s1. The molecule has 1 aromatic rings. The zero-order chi connectivity index (χ0) is 11.0. The van der Waals surface area contributed by atoms with Gasteiger partial charge < -0.3 is 15.2 Å². The molecule has 0 amide bonds. The van der Waals surface area contributed by atoms with E-state index in [0.29, 0.717) is 0 Å². The lowest BCUT2D eigenvalue weighted by atomic mass is 10.1. The number of ether oxygens (including phenoxy) is 2.